The molecule has 1 heterocycles. The lowest BCUT2D eigenvalue weighted by Crippen LogP contribution is -3.00. The fourth-order valence-electron chi connectivity index (χ4n) is 2.83. The highest BCUT2D eigenvalue weighted by Gasteiger charge is 2.38. The zero-order valence-corrected chi connectivity index (χ0v) is 13.4. The van der Waals surface area contributed by atoms with Crippen LogP contribution < -0.4 is 27.3 Å². The first kappa shape index (κ1) is 15.4. The molecule has 0 bridgehead atoms. The van der Waals surface area contributed by atoms with E-state index in [9.17, 15) is 4.79 Å². The third-order valence-corrected chi connectivity index (χ3v) is 4.01. The molecule has 0 spiro atoms. The molecule has 2 N–H and O–H groups in total. The second kappa shape index (κ2) is 5.82. The van der Waals surface area contributed by atoms with E-state index in [0.29, 0.717) is 5.56 Å². The molecule has 1 atom stereocenters. The average molecular weight is 345 g/mol. The van der Waals surface area contributed by atoms with E-state index in [-0.39, 0.29) is 22.5 Å². The highest BCUT2D eigenvalue weighted by atomic mass is 79.9. The number of benzene rings is 1. The minimum Gasteiger partial charge on any atom is -1.00 e. The van der Waals surface area contributed by atoms with Gasteiger partial charge in [-0.15, -0.1) is 0 Å². The molecule has 21 heavy (non-hydrogen) atoms. The molecule has 1 aromatic carbocycles. The minimum absolute atomic E-state index is 0. The van der Waals surface area contributed by atoms with Crippen LogP contribution in [0.25, 0.3) is 6.08 Å². The number of halogens is 1. The van der Waals surface area contributed by atoms with Crippen molar-refractivity contribution in [2.24, 2.45) is 5.73 Å². The second-order valence-corrected chi connectivity index (χ2v) is 5.33. The summed E-state index contributed by atoms with van der Waals surface area (Å²) >= 11 is 0. The van der Waals surface area contributed by atoms with Crippen molar-refractivity contribution in [3.8, 4) is 0 Å². The van der Waals surface area contributed by atoms with Crippen molar-refractivity contribution >= 4 is 12.0 Å². The number of carbonyl (C=O) groups excluding carboxylic acids is 1. The Morgan fingerprint density at radius 2 is 2.00 bits per heavy atom. The topological polar surface area (TPSA) is 47.0 Å². The molecule has 0 radical (unpaired) electrons. The Balaban J connectivity index is 0.00000161. The maximum Gasteiger partial charge on any atom is 0.254 e. The molecular formula is C17H17BrN2O. The maximum atomic E-state index is 11.4. The molecule has 2 aromatic rings. The minimum atomic E-state index is -0.400. The predicted molar refractivity (Wildman–Crippen MR) is 78.0 cm³/mol. The molecule has 1 unspecified atom stereocenters. The van der Waals surface area contributed by atoms with Gasteiger partial charge in [-0.2, -0.15) is 4.57 Å². The summed E-state index contributed by atoms with van der Waals surface area (Å²) in [4.78, 5) is 11.4. The third-order valence-electron chi connectivity index (χ3n) is 4.01. The van der Waals surface area contributed by atoms with Crippen LogP contribution in [0.15, 0.2) is 54.9 Å². The molecule has 1 aliphatic carbocycles. The Bertz CT molecular complexity index is 711. The first-order valence-corrected chi connectivity index (χ1v) is 6.69. The van der Waals surface area contributed by atoms with Crippen molar-refractivity contribution in [3.63, 3.8) is 0 Å². The number of nitrogens with two attached hydrogens (primary N) is 1. The molecule has 0 fully saturated rings. The predicted octanol–water partition coefficient (Wildman–Crippen LogP) is -0.743. The molecule has 1 aliphatic rings. The van der Waals surface area contributed by atoms with Crippen LogP contribution in [-0.2, 0) is 5.54 Å². The number of carbonyl (C=O) groups is 1. The molecule has 3 rings (SSSR count). The second-order valence-electron chi connectivity index (χ2n) is 5.33. The lowest BCUT2D eigenvalue weighted by atomic mass is 9.81. The summed E-state index contributed by atoms with van der Waals surface area (Å²) in [7, 11) is 0. The van der Waals surface area contributed by atoms with Gasteiger partial charge in [-0.1, -0.05) is 36.4 Å². The number of nitrogens with zero attached hydrogens (tertiary/aromatic N) is 1. The molecule has 0 saturated carbocycles. The highest BCUT2D eigenvalue weighted by molar-refractivity contribution is 5.92. The number of fused-ring (bicyclic) bond motifs is 1. The Hall–Kier alpha value is -1.94. The Kier molecular flexibility index (Phi) is 4.28. The molecule has 4 heteroatoms. The van der Waals surface area contributed by atoms with E-state index in [0.717, 1.165) is 6.42 Å². The van der Waals surface area contributed by atoms with Crippen LogP contribution in [0.2, 0.25) is 0 Å². The van der Waals surface area contributed by atoms with Gasteiger partial charge in [-0.25, -0.2) is 0 Å². The molecule has 3 nitrogen and oxygen atoms in total. The SMILES string of the molecule is CC1([n+]2cccc(C(N)=O)c2)CC=Cc2ccccc21.[Br-]. The lowest BCUT2D eigenvalue weighted by Gasteiger charge is -2.28. The van der Waals surface area contributed by atoms with E-state index in [4.69, 9.17) is 5.73 Å². The molecule has 108 valence electrons. The number of primary amides is 1. The zero-order chi connectivity index (χ0) is 14.2. The summed E-state index contributed by atoms with van der Waals surface area (Å²) < 4.78 is 2.08. The molecule has 1 aromatic heterocycles. The highest BCUT2D eigenvalue weighted by Crippen LogP contribution is 2.32. The fourth-order valence-corrected chi connectivity index (χ4v) is 2.83. The number of hydrogen-bond acceptors (Lipinski definition) is 1. The fraction of sp³-hybridized carbons (Fsp3) is 0.176. The lowest BCUT2D eigenvalue weighted by molar-refractivity contribution is -0.750. The Labute approximate surface area is 134 Å². The van der Waals surface area contributed by atoms with Crippen molar-refractivity contribution in [2.75, 3.05) is 0 Å². The van der Waals surface area contributed by atoms with Gasteiger partial charge in [-0.3, -0.25) is 4.79 Å². The largest absolute Gasteiger partial charge is 1.00 e. The number of rotatable bonds is 2. The van der Waals surface area contributed by atoms with Crippen LogP contribution in [0, 0.1) is 0 Å². The quantitative estimate of drug-likeness (QED) is 0.716. The van der Waals surface area contributed by atoms with Crippen LogP contribution in [0.3, 0.4) is 0 Å². The van der Waals surface area contributed by atoms with E-state index >= 15 is 0 Å². The maximum absolute atomic E-state index is 11.4. The summed E-state index contributed by atoms with van der Waals surface area (Å²) in [6.07, 6.45) is 9.03. The number of amides is 1. The van der Waals surface area contributed by atoms with Crippen molar-refractivity contribution in [1.29, 1.82) is 0 Å². The normalized spacial score (nSPS) is 19.5. The average Bonchev–Trinajstić information content (AvgIpc) is 2.48. The van der Waals surface area contributed by atoms with Crippen molar-refractivity contribution < 1.29 is 26.3 Å². The number of allylic oxidation sites excluding steroid dienone is 1. The zero-order valence-electron chi connectivity index (χ0n) is 11.8. The van der Waals surface area contributed by atoms with Gasteiger partial charge in [0.25, 0.3) is 5.91 Å². The smallest absolute Gasteiger partial charge is 0.254 e. The van der Waals surface area contributed by atoms with Crippen LogP contribution in [-0.4, -0.2) is 5.91 Å². The number of hydrogen-bond donors (Lipinski definition) is 1. The third kappa shape index (κ3) is 2.63. The summed E-state index contributed by atoms with van der Waals surface area (Å²) in [6.45, 7) is 2.18. The summed E-state index contributed by atoms with van der Waals surface area (Å²) in [5, 5.41) is 0. The van der Waals surface area contributed by atoms with E-state index in [1.807, 2.05) is 24.5 Å². The van der Waals surface area contributed by atoms with E-state index in [2.05, 4.69) is 41.8 Å². The molecule has 1 amide bonds. The van der Waals surface area contributed by atoms with Crippen LogP contribution in [0.5, 0.6) is 0 Å². The standard InChI is InChI=1S/C17H16N2O.BrH/c1-17(19-11-5-8-14(12-19)16(18)20)10-4-7-13-6-2-3-9-15(13)17;/h2-9,11-12H,10H2,1H3,(H-,18,20);1H. The van der Waals surface area contributed by atoms with Gasteiger partial charge in [0.05, 0.1) is 0 Å². The summed E-state index contributed by atoms with van der Waals surface area (Å²) in [5.74, 6) is -0.400. The van der Waals surface area contributed by atoms with Crippen LogP contribution in [0.4, 0.5) is 0 Å². The van der Waals surface area contributed by atoms with Gasteiger partial charge >= 0.3 is 0 Å². The first-order chi connectivity index (χ1) is 9.61. The van der Waals surface area contributed by atoms with Gasteiger partial charge in [0.1, 0.15) is 5.56 Å². The van der Waals surface area contributed by atoms with E-state index in [1.165, 1.54) is 11.1 Å². The van der Waals surface area contributed by atoms with Gasteiger partial charge in [0.2, 0.25) is 0 Å². The molecule has 0 saturated heterocycles. The van der Waals surface area contributed by atoms with Crippen LogP contribution in [0.1, 0.15) is 34.8 Å². The number of pyridine rings is 1. The van der Waals surface area contributed by atoms with Gasteiger partial charge in [-0.05, 0) is 11.6 Å². The van der Waals surface area contributed by atoms with Gasteiger partial charge in [0, 0.05) is 25.0 Å². The first-order valence-electron chi connectivity index (χ1n) is 6.69. The van der Waals surface area contributed by atoms with Crippen molar-refractivity contribution in [3.05, 3.63) is 71.6 Å². The van der Waals surface area contributed by atoms with Gasteiger partial charge < -0.3 is 22.7 Å². The molecular weight excluding hydrogens is 328 g/mol. The molecule has 0 aliphatic heterocycles. The van der Waals surface area contributed by atoms with E-state index < -0.39 is 5.91 Å². The van der Waals surface area contributed by atoms with Crippen LogP contribution >= 0.6 is 0 Å². The van der Waals surface area contributed by atoms with Gasteiger partial charge in [0.15, 0.2) is 17.9 Å². The Morgan fingerprint density at radius 1 is 1.24 bits per heavy atom. The van der Waals surface area contributed by atoms with E-state index in [1.54, 1.807) is 6.07 Å². The Morgan fingerprint density at radius 3 is 2.76 bits per heavy atom. The monoisotopic (exact) mass is 344 g/mol. The summed E-state index contributed by atoms with van der Waals surface area (Å²) in [5.41, 5.74) is 8.19. The van der Waals surface area contributed by atoms with Crippen molar-refractivity contribution in [2.45, 2.75) is 18.9 Å². The van der Waals surface area contributed by atoms with Crippen molar-refractivity contribution in [1.82, 2.24) is 0 Å². The summed E-state index contributed by atoms with van der Waals surface area (Å²) in [6, 6.07) is 12.0. The number of aromatic nitrogens is 1.